The molecule has 0 aliphatic carbocycles. The quantitative estimate of drug-likeness (QED) is 0.603. The van der Waals surface area contributed by atoms with Crippen LogP contribution in [-0.4, -0.2) is 19.8 Å². The van der Waals surface area contributed by atoms with Gasteiger partial charge in [0.05, 0.1) is 19.8 Å². The summed E-state index contributed by atoms with van der Waals surface area (Å²) in [6.07, 6.45) is 5.24. The van der Waals surface area contributed by atoms with E-state index in [1.54, 1.807) is 0 Å². The highest BCUT2D eigenvalue weighted by molar-refractivity contribution is 5.57. The lowest BCUT2D eigenvalue weighted by atomic mass is 9.96. The molecule has 0 spiro atoms. The fourth-order valence-corrected chi connectivity index (χ4v) is 2.26. The summed E-state index contributed by atoms with van der Waals surface area (Å²) in [6, 6.07) is 4.07. The van der Waals surface area contributed by atoms with Crippen LogP contribution in [0, 0.1) is 0 Å². The minimum Gasteiger partial charge on any atom is -0.490 e. The normalized spacial score (nSPS) is 12.4. The molecule has 3 nitrogen and oxygen atoms in total. The first kappa shape index (κ1) is 17.4. The maximum absolute atomic E-state index is 5.88. The molecular weight excluding hydrogens is 264 g/mol. The second-order valence-electron chi connectivity index (χ2n) is 4.82. The van der Waals surface area contributed by atoms with Crippen LogP contribution in [0.15, 0.2) is 24.3 Å². The molecule has 0 aromatic heterocycles. The number of hydrogen-bond donors (Lipinski definition) is 0. The fourth-order valence-electron chi connectivity index (χ4n) is 2.26. The first-order valence-corrected chi connectivity index (χ1v) is 7.85. The minimum atomic E-state index is 0.373. The van der Waals surface area contributed by atoms with Crippen molar-refractivity contribution in [1.82, 2.24) is 0 Å². The standard InChI is InChI=1S/C18H28O3/c1-6-10-11-14(5)15-12-13-16(19-7-2)18(21-9-4)17(15)20-8-3/h6,10,12-14H,7-9,11H2,1-5H3/b10-6-. The fraction of sp³-hybridized carbons (Fsp3) is 0.556. The highest BCUT2D eigenvalue weighted by Gasteiger charge is 2.20. The molecule has 1 aromatic rings. The van der Waals surface area contributed by atoms with Crippen LogP contribution in [0.1, 0.15) is 52.5 Å². The Bertz CT molecular complexity index is 452. The number of hydrogen-bond acceptors (Lipinski definition) is 3. The van der Waals surface area contributed by atoms with Crippen molar-refractivity contribution in [3.63, 3.8) is 0 Å². The lowest BCUT2D eigenvalue weighted by Gasteiger charge is -2.21. The smallest absolute Gasteiger partial charge is 0.203 e. The van der Waals surface area contributed by atoms with Crippen molar-refractivity contribution in [2.24, 2.45) is 0 Å². The number of rotatable bonds is 9. The summed E-state index contributed by atoms with van der Waals surface area (Å²) in [5, 5.41) is 0. The van der Waals surface area contributed by atoms with Crippen molar-refractivity contribution in [3.8, 4) is 17.2 Å². The average molecular weight is 292 g/mol. The van der Waals surface area contributed by atoms with Crippen LogP contribution in [-0.2, 0) is 0 Å². The van der Waals surface area contributed by atoms with E-state index in [0.29, 0.717) is 25.7 Å². The summed E-state index contributed by atoms with van der Waals surface area (Å²) < 4.78 is 17.4. The van der Waals surface area contributed by atoms with E-state index in [2.05, 4.69) is 25.1 Å². The van der Waals surface area contributed by atoms with E-state index in [4.69, 9.17) is 14.2 Å². The van der Waals surface area contributed by atoms with E-state index in [0.717, 1.165) is 23.7 Å². The third-order valence-corrected chi connectivity index (χ3v) is 3.24. The minimum absolute atomic E-state index is 0.373. The summed E-state index contributed by atoms with van der Waals surface area (Å²) in [4.78, 5) is 0. The highest BCUT2D eigenvalue weighted by atomic mass is 16.5. The zero-order valence-corrected chi connectivity index (χ0v) is 13.9. The van der Waals surface area contributed by atoms with Gasteiger partial charge >= 0.3 is 0 Å². The van der Waals surface area contributed by atoms with Crippen molar-refractivity contribution < 1.29 is 14.2 Å². The SMILES string of the molecule is C/C=C\CC(C)c1ccc(OCC)c(OCC)c1OCC. The number of allylic oxidation sites excluding steroid dienone is 2. The Kier molecular flexibility index (Phi) is 7.73. The van der Waals surface area contributed by atoms with Gasteiger partial charge in [-0.2, -0.15) is 0 Å². The Labute approximate surface area is 128 Å². The van der Waals surface area contributed by atoms with Gasteiger partial charge in [0, 0.05) is 5.56 Å². The lowest BCUT2D eigenvalue weighted by molar-refractivity contribution is 0.258. The average Bonchev–Trinajstić information content (AvgIpc) is 2.48. The van der Waals surface area contributed by atoms with E-state index >= 15 is 0 Å². The Hall–Kier alpha value is -1.64. The van der Waals surface area contributed by atoms with Gasteiger partial charge in [-0.15, -0.1) is 0 Å². The molecule has 0 aliphatic heterocycles. The predicted octanol–water partition coefficient (Wildman–Crippen LogP) is 4.95. The van der Waals surface area contributed by atoms with Gasteiger partial charge in [0.1, 0.15) is 0 Å². The summed E-state index contributed by atoms with van der Waals surface area (Å²) in [7, 11) is 0. The van der Waals surface area contributed by atoms with Crippen molar-refractivity contribution in [2.75, 3.05) is 19.8 Å². The number of benzene rings is 1. The van der Waals surface area contributed by atoms with Crippen LogP contribution in [0.2, 0.25) is 0 Å². The highest BCUT2D eigenvalue weighted by Crippen LogP contribution is 2.43. The van der Waals surface area contributed by atoms with E-state index < -0.39 is 0 Å². The van der Waals surface area contributed by atoms with Gasteiger partial charge in [0.2, 0.25) is 5.75 Å². The molecule has 21 heavy (non-hydrogen) atoms. The predicted molar refractivity (Wildman–Crippen MR) is 87.8 cm³/mol. The summed E-state index contributed by atoms with van der Waals surface area (Å²) in [5.41, 5.74) is 1.17. The second-order valence-corrected chi connectivity index (χ2v) is 4.82. The monoisotopic (exact) mass is 292 g/mol. The molecule has 0 heterocycles. The molecule has 118 valence electrons. The van der Waals surface area contributed by atoms with E-state index in [1.165, 1.54) is 5.56 Å². The van der Waals surface area contributed by atoms with Crippen molar-refractivity contribution >= 4 is 0 Å². The molecule has 0 saturated heterocycles. The molecule has 0 bridgehead atoms. The van der Waals surface area contributed by atoms with E-state index in [-0.39, 0.29) is 0 Å². The molecule has 1 aromatic carbocycles. The maximum Gasteiger partial charge on any atom is 0.203 e. The molecule has 1 rings (SSSR count). The van der Waals surface area contributed by atoms with E-state index in [9.17, 15) is 0 Å². The van der Waals surface area contributed by atoms with Gasteiger partial charge < -0.3 is 14.2 Å². The van der Waals surface area contributed by atoms with Crippen LogP contribution in [0.4, 0.5) is 0 Å². The van der Waals surface area contributed by atoms with Crippen LogP contribution in [0.3, 0.4) is 0 Å². The van der Waals surface area contributed by atoms with Crippen LogP contribution in [0.25, 0.3) is 0 Å². The first-order chi connectivity index (χ1) is 10.2. The first-order valence-electron chi connectivity index (χ1n) is 7.85. The van der Waals surface area contributed by atoms with Crippen molar-refractivity contribution in [2.45, 2.75) is 47.0 Å². The van der Waals surface area contributed by atoms with Gasteiger partial charge in [-0.1, -0.05) is 25.1 Å². The van der Waals surface area contributed by atoms with Crippen molar-refractivity contribution in [1.29, 1.82) is 0 Å². The zero-order chi connectivity index (χ0) is 15.7. The van der Waals surface area contributed by atoms with Crippen molar-refractivity contribution in [3.05, 3.63) is 29.8 Å². The van der Waals surface area contributed by atoms with E-state index in [1.807, 2.05) is 33.8 Å². The van der Waals surface area contributed by atoms with Crippen LogP contribution >= 0.6 is 0 Å². The molecule has 0 radical (unpaired) electrons. The van der Waals surface area contributed by atoms with Gasteiger partial charge in [-0.25, -0.2) is 0 Å². The third-order valence-electron chi connectivity index (χ3n) is 3.24. The topological polar surface area (TPSA) is 27.7 Å². The lowest BCUT2D eigenvalue weighted by Crippen LogP contribution is -2.06. The molecule has 3 heteroatoms. The summed E-state index contributed by atoms with van der Waals surface area (Å²) in [6.45, 7) is 12.0. The molecule has 0 N–H and O–H groups in total. The Morgan fingerprint density at radius 3 is 2.14 bits per heavy atom. The van der Waals surface area contributed by atoms with Crippen LogP contribution < -0.4 is 14.2 Å². The van der Waals surface area contributed by atoms with Crippen LogP contribution in [0.5, 0.6) is 17.2 Å². The molecule has 1 atom stereocenters. The molecular formula is C18H28O3. The third kappa shape index (κ3) is 4.69. The number of ether oxygens (including phenoxy) is 3. The Morgan fingerprint density at radius 2 is 1.57 bits per heavy atom. The Balaban J connectivity index is 3.25. The largest absolute Gasteiger partial charge is 0.490 e. The molecule has 1 unspecified atom stereocenters. The van der Waals surface area contributed by atoms with Gasteiger partial charge in [0.15, 0.2) is 11.5 Å². The summed E-state index contributed by atoms with van der Waals surface area (Å²) in [5.74, 6) is 2.68. The molecule has 0 fully saturated rings. The van der Waals surface area contributed by atoms with Gasteiger partial charge in [-0.3, -0.25) is 0 Å². The maximum atomic E-state index is 5.88. The molecule has 0 amide bonds. The molecule has 0 saturated carbocycles. The zero-order valence-electron chi connectivity index (χ0n) is 13.9. The Morgan fingerprint density at radius 1 is 0.952 bits per heavy atom. The van der Waals surface area contributed by atoms with Gasteiger partial charge in [0.25, 0.3) is 0 Å². The molecule has 0 aliphatic rings. The summed E-state index contributed by atoms with van der Waals surface area (Å²) >= 11 is 0. The second kappa shape index (κ2) is 9.32. The van der Waals surface area contributed by atoms with Gasteiger partial charge in [-0.05, 0) is 46.1 Å².